The van der Waals surface area contributed by atoms with Crippen molar-refractivity contribution in [3.8, 4) is 11.3 Å². The van der Waals surface area contributed by atoms with Gasteiger partial charge in [-0.25, -0.2) is 4.98 Å². The van der Waals surface area contributed by atoms with Gasteiger partial charge in [-0.1, -0.05) is 19.1 Å². The van der Waals surface area contributed by atoms with Crippen LogP contribution in [0.2, 0.25) is 0 Å². The Balaban J connectivity index is 2.14. The Morgan fingerprint density at radius 2 is 1.90 bits per heavy atom. The Morgan fingerprint density at radius 3 is 2.48 bits per heavy atom. The molecule has 6 heteroatoms. The second-order valence-corrected chi connectivity index (χ2v) is 4.81. The second-order valence-electron chi connectivity index (χ2n) is 4.81. The van der Waals surface area contributed by atoms with Crippen LogP contribution in [0.15, 0.2) is 34.9 Å². The van der Waals surface area contributed by atoms with Crippen LogP contribution in [0.5, 0.6) is 0 Å². The third kappa shape index (κ3) is 3.85. The molecule has 0 amide bonds. The lowest BCUT2D eigenvalue weighted by atomic mass is 10.1. The molecule has 3 nitrogen and oxygen atoms in total. The average Bonchev–Trinajstić information content (AvgIpc) is 2.94. The summed E-state index contributed by atoms with van der Waals surface area (Å²) in [6.07, 6.45) is -1.80. The summed E-state index contributed by atoms with van der Waals surface area (Å²) in [6, 6.07) is 4.81. The summed E-state index contributed by atoms with van der Waals surface area (Å²) in [6.45, 7) is 4.83. The predicted molar refractivity (Wildman–Crippen MR) is 73.6 cm³/mol. The number of alkyl halides is 3. The van der Waals surface area contributed by atoms with Crippen molar-refractivity contribution < 1.29 is 17.6 Å². The molecule has 1 N–H and O–H groups in total. The third-order valence-electron chi connectivity index (χ3n) is 3.09. The van der Waals surface area contributed by atoms with E-state index in [0.717, 1.165) is 25.1 Å². The van der Waals surface area contributed by atoms with Gasteiger partial charge in [-0.3, -0.25) is 0 Å². The summed E-state index contributed by atoms with van der Waals surface area (Å²) in [5, 5.41) is 3.24. The van der Waals surface area contributed by atoms with E-state index in [4.69, 9.17) is 4.42 Å². The largest absolute Gasteiger partial charge is 0.439 e. The molecule has 1 aromatic carbocycles. The van der Waals surface area contributed by atoms with Crippen molar-refractivity contribution in [1.82, 2.24) is 10.3 Å². The number of nitrogens with zero attached hydrogens (tertiary/aromatic N) is 1. The van der Waals surface area contributed by atoms with Gasteiger partial charge in [0.1, 0.15) is 0 Å². The molecular weight excluding hydrogens is 281 g/mol. The lowest BCUT2D eigenvalue weighted by molar-refractivity contribution is -0.137. The first-order chi connectivity index (χ1) is 9.91. The van der Waals surface area contributed by atoms with Gasteiger partial charge in [0.05, 0.1) is 17.8 Å². The van der Waals surface area contributed by atoms with Gasteiger partial charge in [0, 0.05) is 5.56 Å². The predicted octanol–water partition coefficient (Wildman–Crippen LogP) is 4.42. The number of halogens is 3. The number of nitrogens with one attached hydrogen (secondary N) is 1. The molecule has 0 spiro atoms. The van der Waals surface area contributed by atoms with E-state index < -0.39 is 11.7 Å². The fourth-order valence-electron chi connectivity index (χ4n) is 1.89. The van der Waals surface area contributed by atoms with E-state index in [2.05, 4.69) is 17.2 Å². The van der Waals surface area contributed by atoms with Gasteiger partial charge in [-0.15, -0.1) is 0 Å². The van der Waals surface area contributed by atoms with Gasteiger partial charge in [0.15, 0.2) is 5.76 Å². The van der Waals surface area contributed by atoms with E-state index in [0.29, 0.717) is 17.2 Å². The Morgan fingerprint density at radius 1 is 1.24 bits per heavy atom. The molecule has 0 saturated carbocycles. The maximum Gasteiger partial charge on any atom is 0.416 e. The third-order valence-corrected chi connectivity index (χ3v) is 3.09. The van der Waals surface area contributed by atoms with Crippen LogP contribution < -0.4 is 5.32 Å². The quantitative estimate of drug-likeness (QED) is 0.888. The monoisotopic (exact) mass is 298 g/mol. The van der Waals surface area contributed by atoms with Crippen LogP contribution in [-0.2, 0) is 6.18 Å². The first kappa shape index (κ1) is 15.6. The summed E-state index contributed by atoms with van der Waals surface area (Å²) in [5.74, 6) is 0.988. The zero-order valence-corrected chi connectivity index (χ0v) is 11.9. The van der Waals surface area contributed by atoms with Crippen LogP contribution in [0.4, 0.5) is 13.2 Å². The van der Waals surface area contributed by atoms with Crippen molar-refractivity contribution in [2.24, 2.45) is 0 Å². The van der Waals surface area contributed by atoms with E-state index in [-0.39, 0.29) is 6.04 Å². The summed E-state index contributed by atoms with van der Waals surface area (Å²) >= 11 is 0. The van der Waals surface area contributed by atoms with Gasteiger partial charge in [-0.2, -0.15) is 13.2 Å². The number of rotatable bonds is 5. The maximum atomic E-state index is 12.5. The highest BCUT2D eigenvalue weighted by molar-refractivity contribution is 5.56. The summed E-state index contributed by atoms with van der Waals surface area (Å²) in [7, 11) is 0. The van der Waals surface area contributed by atoms with Crippen LogP contribution in [0.3, 0.4) is 0 Å². The molecule has 0 saturated heterocycles. The molecule has 0 radical (unpaired) electrons. The molecule has 0 fully saturated rings. The standard InChI is InChI=1S/C15H17F3N2O/c1-3-8-19-10(2)14-20-9-13(21-14)11-4-6-12(7-5-11)15(16,17)18/h4-7,9-10,19H,3,8H2,1-2H3. The van der Waals surface area contributed by atoms with E-state index in [1.807, 2.05) is 6.92 Å². The molecule has 0 bridgehead atoms. The normalized spacial score (nSPS) is 13.4. The van der Waals surface area contributed by atoms with Gasteiger partial charge >= 0.3 is 6.18 Å². The molecule has 1 unspecified atom stereocenters. The molecule has 114 valence electrons. The Kier molecular flexibility index (Phi) is 4.67. The highest BCUT2D eigenvalue weighted by atomic mass is 19.4. The van der Waals surface area contributed by atoms with Crippen molar-refractivity contribution >= 4 is 0 Å². The van der Waals surface area contributed by atoms with E-state index in [1.165, 1.54) is 18.3 Å². The van der Waals surface area contributed by atoms with Crippen molar-refractivity contribution in [2.75, 3.05) is 6.54 Å². The van der Waals surface area contributed by atoms with Crippen molar-refractivity contribution in [3.63, 3.8) is 0 Å². The van der Waals surface area contributed by atoms with Crippen molar-refractivity contribution in [1.29, 1.82) is 0 Å². The lowest BCUT2D eigenvalue weighted by Gasteiger charge is -2.08. The van der Waals surface area contributed by atoms with E-state index in [9.17, 15) is 13.2 Å². The molecule has 0 aliphatic rings. The fraction of sp³-hybridized carbons (Fsp3) is 0.400. The summed E-state index contributed by atoms with van der Waals surface area (Å²) in [4.78, 5) is 4.17. The van der Waals surface area contributed by atoms with Crippen molar-refractivity contribution in [3.05, 3.63) is 41.9 Å². The van der Waals surface area contributed by atoms with E-state index in [1.54, 1.807) is 0 Å². The molecule has 1 aromatic heterocycles. The first-order valence-corrected chi connectivity index (χ1v) is 6.78. The number of benzene rings is 1. The topological polar surface area (TPSA) is 38.1 Å². The molecular formula is C15H17F3N2O. The van der Waals surface area contributed by atoms with Crippen LogP contribution >= 0.6 is 0 Å². The minimum atomic E-state index is -4.33. The van der Waals surface area contributed by atoms with Crippen LogP contribution in [-0.4, -0.2) is 11.5 Å². The highest BCUT2D eigenvalue weighted by Gasteiger charge is 2.30. The molecule has 2 aromatic rings. The van der Waals surface area contributed by atoms with Gasteiger partial charge in [-0.05, 0) is 32.0 Å². The highest BCUT2D eigenvalue weighted by Crippen LogP contribution is 2.31. The molecule has 1 atom stereocenters. The molecule has 0 aliphatic carbocycles. The second kappa shape index (κ2) is 6.30. The molecule has 1 heterocycles. The van der Waals surface area contributed by atoms with Crippen molar-refractivity contribution in [2.45, 2.75) is 32.5 Å². The van der Waals surface area contributed by atoms with Crippen LogP contribution in [0.25, 0.3) is 11.3 Å². The smallest absolute Gasteiger partial charge is 0.416 e. The molecule has 2 rings (SSSR count). The van der Waals surface area contributed by atoms with Gasteiger partial charge in [0.2, 0.25) is 5.89 Å². The maximum absolute atomic E-state index is 12.5. The number of aromatic nitrogens is 1. The Hall–Kier alpha value is -1.82. The molecule has 21 heavy (non-hydrogen) atoms. The SMILES string of the molecule is CCCNC(C)c1ncc(-c2ccc(C(F)(F)F)cc2)o1. The number of hydrogen-bond acceptors (Lipinski definition) is 3. The summed E-state index contributed by atoms with van der Waals surface area (Å²) < 4.78 is 43.1. The average molecular weight is 298 g/mol. The van der Waals surface area contributed by atoms with Crippen LogP contribution in [0, 0.1) is 0 Å². The zero-order valence-electron chi connectivity index (χ0n) is 11.9. The zero-order chi connectivity index (χ0) is 15.5. The fourth-order valence-corrected chi connectivity index (χ4v) is 1.89. The minimum Gasteiger partial charge on any atom is -0.439 e. The van der Waals surface area contributed by atoms with E-state index >= 15 is 0 Å². The first-order valence-electron chi connectivity index (χ1n) is 6.78. The molecule has 0 aliphatic heterocycles. The summed E-state index contributed by atoms with van der Waals surface area (Å²) in [5.41, 5.74) is -0.103. The lowest BCUT2D eigenvalue weighted by Crippen LogP contribution is -2.19. The van der Waals surface area contributed by atoms with Crippen LogP contribution in [0.1, 0.15) is 37.8 Å². The van der Waals surface area contributed by atoms with Gasteiger partial charge < -0.3 is 9.73 Å². The Bertz CT molecular complexity index is 575. The number of oxazole rings is 1. The van der Waals surface area contributed by atoms with Gasteiger partial charge in [0.25, 0.3) is 0 Å². The number of hydrogen-bond donors (Lipinski definition) is 1. The minimum absolute atomic E-state index is 0.0341. The Labute approximate surface area is 121 Å².